The van der Waals surface area contributed by atoms with Gasteiger partial charge >= 0.3 is 6.03 Å². The molecule has 3 aliphatic carbocycles. The van der Waals surface area contributed by atoms with Gasteiger partial charge in [-0.25, -0.2) is 17.5 Å². The van der Waals surface area contributed by atoms with E-state index in [1.54, 1.807) is 18.7 Å². The molecule has 0 radical (unpaired) electrons. The number of rotatable bonds is 16. The van der Waals surface area contributed by atoms with Crippen LogP contribution in [0.2, 0.25) is 0 Å². The Balaban J connectivity index is 1.54. The molecule has 5 amide bonds. The number of hydrogen-bond donors (Lipinski definition) is 4. The van der Waals surface area contributed by atoms with Crippen molar-refractivity contribution in [3.8, 4) is 0 Å². The van der Waals surface area contributed by atoms with Crippen LogP contribution in [0, 0.1) is 22.7 Å². The molecule has 4 fully saturated rings. The van der Waals surface area contributed by atoms with Gasteiger partial charge in [0.2, 0.25) is 27.6 Å². The minimum Gasteiger partial charge on any atom is -0.347 e. The van der Waals surface area contributed by atoms with Gasteiger partial charge in [-0.15, -0.1) is 0 Å². The van der Waals surface area contributed by atoms with Crippen LogP contribution in [0.4, 0.5) is 4.79 Å². The lowest BCUT2D eigenvalue weighted by molar-refractivity contribution is -0.145. The van der Waals surface area contributed by atoms with Crippen molar-refractivity contribution >= 4 is 39.6 Å². The molecule has 1 aliphatic heterocycles. The van der Waals surface area contributed by atoms with Crippen molar-refractivity contribution < 1.29 is 32.4 Å². The molecule has 14 heteroatoms. The standard InChI is InChI=1S/C36H62N6O7S/c1-9-12-16-25(28(43)31(45)37-23-17-18-23)38-30(44)27-26-24(35(26,7)8)21-42(27)32(46)29(34(4,5)6)39-33(47)40-36(19-14-13-15-20-36)22-50(48,49)41(10-2)11-3/h23-27,29H,9-22H2,1-8H3,(H,37,45)(H,38,44)(H2,39,40,47)/t24-,25-,26-,27-,29+/m0/s1. The average Bonchev–Trinajstić information content (AvgIpc) is 3.88. The Morgan fingerprint density at radius 2 is 1.56 bits per heavy atom. The number of Topliss-reactive ketones (excluding diaryl/α,β-unsaturated/α-hetero) is 1. The molecule has 4 aliphatic rings. The van der Waals surface area contributed by atoms with Crippen molar-refractivity contribution in [1.82, 2.24) is 30.5 Å². The van der Waals surface area contributed by atoms with Gasteiger partial charge in [0.05, 0.1) is 17.3 Å². The highest BCUT2D eigenvalue weighted by Crippen LogP contribution is 2.65. The third-order valence-corrected chi connectivity index (χ3v) is 13.7. The van der Waals surface area contributed by atoms with Gasteiger partial charge in [0.25, 0.3) is 5.91 Å². The zero-order valence-corrected chi connectivity index (χ0v) is 32.3. The molecule has 1 heterocycles. The highest BCUT2D eigenvalue weighted by Gasteiger charge is 2.70. The maximum Gasteiger partial charge on any atom is 0.315 e. The second-order valence-corrected chi connectivity index (χ2v) is 18.8. The van der Waals surface area contributed by atoms with Gasteiger partial charge in [-0.3, -0.25) is 19.2 Å². The quantitative estimate of drug-likeness (QED) is 0.177. The Bertz CT molecular complexity index is 1400. The fraction of sp³-hybridized carbons (Fsp3) is 0.861. The number of carbonyl (C=O) groups is 5. The van der Waals surface area contributed by atoms with Crippen LogP contribution in [0.1, 0.15) is 120 Å². The number of amides is 5. The van der Waals surface area contributed by atoms with Gasteiger partial charge < -0.3 is 26.2 Å². The lowest BCUT2D eigenvalue weighted by atomic mass is 9.83. The van der Waals surface area contributed by atoms with E-state index >= 15 is 0 Å². The van der Waals surface area contributed by atoms with Crippen molar-refractivity contribution in [1.29, 1.82) is 0 Å². The zero-order valence-electron chi connectivity index (χ0n) is 31.5. The molecule has 0 spiro atoms. The monoisotopic (exact) mass is 722 g/mol. The number of carbonyl (C=O) groups excluding carboxylic acids is 5. The molecular formula is C36H62N6O7S. The average molecular weight is 723 g/mol. The molecule has 0 unspecified atom stereocenters. The molecule has 4 N–H and O–H groups in total. The van der Waals surface area contributed by atoms with Crippen LogP contribution in [0.5, 0.6) is 0 Å². The minimum absolute atomic E-state index is 0.00347. The largest absolute Gasteiger partial charge is 0.347 e. The van der Waals surface area contributed by atoms with Crippen molar-refractivity contribution in [2.75, 3.05) is 25.4 Å². The molecule has 0 bridgehead atoms. The molecular weight excluding hydrogens is 660 g/mol. The number of likely N-dealkylation sites (tertiary alicyclic amines) is 1. The summed E-state index contributed by atoms with van der Waals surface area (Å²) in [5, 5.41) is 11.5. The SMILES string of the molecule is CCCC[C@H](NC(=O)[C@@H]1[C@@H]2[C@H](CN1C(=O)[C@@H](NC(=O)NC1(CS(=O)(=O)N(CC)CC)CCCCC1)C(C)(C)C)C2(C)C)C(=O)C(=O)NC1CC1. The summed E-state index contributed by atoms with van der Waals surface area (Å²) >= 11 is 0. The summed E-state index contributed by atoms with van der Waals surface area (Å²) in [7, 11) is -3.65. The highest BCUT2D eigenvalue weighted by molar-refractivity contribution is 7.89. The summed E-state index contributed by atoms with van der Waals surface area (Å²) in [6, 6.07) is -3.51. The van der Waals surface area contributed by atoms with Crippen LogP contribution < -0.4 is 21.3 Å². The zero-order chi connectivity index (χ0) is 37.2. The van der Waals surface area contributed by atoms with Crippen LogP contribution in [-0.2, 0) is 29.2 Å². The third kappa shape index (κ3) is 9.00. The van der Waals surface area contributed by atoms with Crippen LogP contribution in [0.15, 0.2) is 0 Å². The molecule has 3 saturated carbocycles. The van der Waals surface area contributed by atoms with Crippen LogP contribution in [0.3, 0.4) is 0 Å². The predicted octanol–water partition coefficient (Wildman–Crippen LogP) is 3.08. The van der Waals surface area contributed by atoms with E-state index in [-0.39, 0.29) is 29.0 Å². The smallest absolute Gasteiger partial charge is 0.315 e. The number of piperidine rings is 1. The number of nitrogens with zero attached hydrogens (tertiary/aromatic N) is 2. The molecule has 0 aromatic carbocycles. The molecule has 50 heavy (non-hydrogen) atoms. The fourth-order valence-corrected chi connectivity index (χ4v) is 10.2. The van der Waals surface area contributed by atoms with Crippen molar-refractivity contribution in [2.45, 2.75) is 149 Å². The van der Waals surface area contributed by atoms with Crippen LogP contribution >= 0.6 is 0 Å². The van der Waals surface area contributed by atoms with E-state index in [1.807, 2.05) is 27.7 Å². The van der Waals surface area contributed by atoms with Gasteiger partial charge in [-0.1, -0.05) is 87.5 Å². The van der Waals surface area contributed by atoms with E-state index < -0.39 is 68.6 Å². The van der Waals surface area contributed by atoms with Gasteiger partial charge in [0, 0.05) is 25.7 Å². The summed E-state index contributed by atoms with van der Waals surface area (Å²) in [5.74, 6) is -2.54. The van der Waals surface area contributed by atoms with E-state index in [1.165, 1.54) is 4.31 Å². The summed E-state index contributed by atoms with van der Waals surface area (Å²) in [4.78, 5) is 69.8. The molecule has 284 valence electrons. The number of nitrogens with one attached hydrogen (secondary N) is 4. The number of sulfonamides is 1. The topological polar surface area (TPSA) is 174 Å². The molecule has 4 rings (SSSR count). The van der Waals surface area contributed by atoms with Crippen LogP contribution in [0.25, 0.3) is 0 Å². The van der Waals surface area contributed by atoms with Gasteiger partial charge in [0.15, 0.2) is 0 Å². The van der Waals surface area contributed by atoms with Crippen molar-refractivity contribution in [2.24, 2.45) is 22.7 Å². The molecule has 13 nitrogen and oxygen atoms in total. The number of fused-ring (bicyclic) bond motifs is 1. The van der Waals surface area contributed by atoms with E-state index in [9.17, 15) is 32.4 Å². The Morgan fingerprint density at radius 1 is 0.940 bits per heavy atom. The van der Waals surface area contributed by atoms with E-state index in [4.69, 9.17) is 0 Å². The number of ketones is 1. The van der Waals surface area contributed by atoms with E-state index in [2.05, 4.69) is 35.1 Å². The van der Waals surface area contributed by atoms with Gasteiger partial charge in [-0.2, -0.15) is 0 Å². The number of urea groups is 1. The van der Waals surface area contributed by atoms with E-state index in [0.717, 1.165) is 38.5 Å². The first-order valence-corrected chi connectivity index (χ1v) is 20.4. The van der Waals surface area contributed by atoms with E-state index in [0.29, 0.717) is 45.3 Å². The maximum absolute atomic E-state index is 14.5. The second kappa shape index (κ2) is 15.5. The van der Waals surface area contributed by atoms with Gasteiger partial charge in [-0.05, 0) is 54.8 Å². The summed E-state index contributed by atoms with van der Waals surface area (Å²) < 4.78 is 28.2. The van der Waals surface area contributed by atoms with Crippen molar-refractivity contribution in [3.63, 3.8) is 0 Å². The normalized spacial score (nSPS) is 25.2. The molecule has 0 aromatic heterocycles. The predicted molar refractivity (Wildman–Crippen MR) is 191 cm³/mol. The lowest BCUT2D eigenvalue weighted by Gasteiger charge is -2.41. The van der Waals surface area contributed by atoms with Gasteiger partial charge in [0.1, 0.15) is 12.1 Å². The minimum atomic E-state index is -3.65. The Labute approximate surface area is 299 Å². The highest BCUT2D eigenvalue weighted by atomic mass is 32.2. The Hall–Kier alpha value is -2.74. The number of unbranched alkanes of at least 4 members (excludes halogenated alkanes) is 1. The Kier molecular flexibility index (Phi) is 12.4. The van der Waals surface area contributed by atoms with Crippen LogP contribution in [-0.4, -0.2) is 102 Å². The summed E-state index contributed by atoms with van der Waals surface area (Å²) in [6.45, 7) is 16.2. The fourth-order valence-electron chi connectivity index (χ4n) is 8.20. The Morgan fingerprint density at radius 3 is 2.10 bits per heavy atom. The summed E-state index contributed by atoms with van der Waals surface area (Å²) in [5.41, 5.74) is -1.93. The third-order valence-electron chi connectivity index (χ3n) is 11.5. The second-order valence-electron chi connectivity index (χ2n) is 16.8. The summed E-state index contributed by atoms with van der Waals surface area (Å²) in [6.07, 6.45) is 6.93. The first-order valence-electron chi connectivity index (χ1n) is 18.8. The maximum atomic E-state index is 14.5. The molecule has 1 saturated heterocycles. The lowest BCUT2D eigenvalue weighted by Crippen LogP contribution is -2.64. The first kappa shape index (κ1) is 40.0. The van der Waals surface area contributed by atoms with Crippen molar-refractivity contribution in [3.05, 3.63) is 0 Å². The molecule has 0 aromatic rings. The first-order chi connectivity index (χ1) is 23.3. The molecule has 5 atom stereocenters. The number of hydrogen-bond acceptors (Lipinski definition) is 7.